The van der Waals surface area contributed by atoms with Gasteiger partial charge in [0.05, 0.1) is 17.3 Å². The van der Waals surface area contributed by atoms with Crippen molar-refractivity contribution in [1.29, 1.82) is 5.26 Å². The van der Waals surface area contributed by atoms with Gasteiger partial charge in [-0.1, -0.05) is 12.1 Å². The molecule has 7 nitrogen and oxygen atoms in total. The number of nitrogens with two attached hydrogens (primary N) is 1. The van der Waals surface area contributed by atoms with Gasteiger partial charge in [0.25, 0.3) is 0 Å². The molecule has 1 amide bonds. The number of benzene rings is 2. The standard InChI is InChI=1S/C26H28F2N6O/c27-20-8-10-22(11-9-20)34-25(30)23(15-29)24(32-34)7-2-12-31-26(35)19-5-3-13-33(17-19)16-18-4-1-6-21(28)14-18/h1,4,6,8-11,14,19H,2-3,5,7,12-13,16-17,30H2,(H,31,35). The zero-order valence-corrected chi connectivity index (χ0v) is 19.4. The molecule has 0 spiro atoms. The van der Waals surface area contributed by atoms with E-state index >= 15 is 0 Å². The van der Waals surface area contributed by atoms with E-state index in [0.29, 0.717) is 49.4 Å². The molecule has 1 aromatic heterocycles. The molecule has 1 unspecified atom stereocenters. The molecule has 3 N–H and O–H groups in total. The lowest BCUT2D eigenvalue weighted by Crippen LogP contribution is -2.43. The van der Waals surface area contributed by atoms with E-state index in [-0.39, 0.29) is 29.3 Å². The fourth-order valence-electron chi connectivity index (χ4n) is 4.47. The number of nitrogens with zero attached hydrogens (tertiary/aromatic N) is 4. The van der Waals surface area contributed by atoms with Crippen molar-refractivity contribution in [1.82, 2.24) is 20.0 Å². The molecular formula is C26H28F2N6O. The van der Waals surface area contributed by atoms with Crippen molar-refractivity contribution in [3.8, 4) is 11.8 Å². The van der Waals surface area contributed by atoms with Gasteiger partial charge in [-0.05, 0) is 74.2 Å². The van der Waals surface area contributed by atoms with Crippen LogP contribution in [0.2, 0.25) is 0 Å². The number of piperidine rings is 1. The number of amides is 1. The Hall–Kier alpha value is -3.77. The summed E-state index contributed by atoms with van der Waals surface area (Å²) < 4.78 is 28.1. The first-order chi connectivity index (χ1) is 16.9. The van der Waals surface area contributed by atoms with Gasteiger partial charge in [-0.15, -0.1) is 0 Å². The number of aryl methyl sites for hydroxylation is 1. The summed E-state index contributed by atoms with van der Waals surface area (Å²) in [6.45, 7) is 2.60. The summed E-state index contributed by atoms with van der Waals surface area (Å²) in [5.74, 6) is -0.520. The summed E-state index contributed by atoms with van der Waals surface area (Å²) in [6, 6.07) is 14.4. The minimum absolute atomic E-state index is 0.00537. The smallest absolute Gasteiger partial charge is 0.224 e. The summed E-state index contributed by atoms with van der Waals surface area (Å²) in [4.78, 5) is 14.9. The van der Waals surface area contributed by atoms with E-state index in [4.69, 9.17) is 5.73 Å². The normalized spacial score (nSPS) is 16.1. The number of nitrogen functional groups attached to an aromatic ring is 1. The molecule has 2 heterocycles. The van der Waals surface area contributed by atoms with E-state index < -0.39 is 0 Å². The number of carbonyl (C=O) groups excluding carboxylic acids is 1. The molecule has 35 heavy (non-hydrogen) atoms. The molecule has 1 atom stereocenters. The summed E-state index contributed by atoms with van der Waals surface area (Å²) in [5, 5.41) is 17.0. The fourth-order valence-corrected chi connectivity index (χ4v) is 4.47. The van der Waals surface area contributed by atoms with Crippen LogP contribution in [-0.2, 0) is 17.8 Å². The molecule has 2 aromatic carbocycles. The van der Waals surface area contributed by atoms with Crippen molar-refractivity contribution < 1.29 is 13.6 Å². The number of hydrogen-bond donors (Lipinski definition) is 2. The summed E-state index contributed by atoms with van der Waals surface area (Å²) >= 11 is 0. The van der Waals surface area contributed by atoms with Crippen molar-refractivity contribution in [3.63, 3.8) is 0 Å². The average Bonchev–Trinajstić information content (AvgIpc) is 3.17. The SMILES string of the molecule is N#Cc1c(CCCNC(=O)C2CCCN(Cc3cccc(F)c3)C2)nn(-c2ccc(F)cc2)c1N. The highest BCUT2D eigenvalue weighted by Gasteiger charge is 2.25. The molecule has 4 rings (SSSR count). The maximum absolute atomic E-state index is 13.5. The van der Waals surface area contributed by atoms with Crippen molar-refractivity contribution in [2.45, 2.75) is 32.2 Å². The summed E-state index contributed by atoms with van der Waals surface area (Å²) in [5.41, 5.74) is 8.41. The number of rotatable bonds is 8. The maximum Gasteiger partial charge on any atom is 0.224 e. The molecule has 1 saturated heterocycles. The van der Waals surface area contributed by atoms with Gasteiger partial charge in [-0.3, -0.25) is 9.69 Å². The van der Waals surface area contributed by atoms with Crippen LogP contribution in [0.3, 0.4) is 0 Å². The predicted octanol–water partition coefficient (Wildman–Crippen LogP) is 3.57. The van der Waals surface area contributed by atoms with Crippen molar-refractivity contribution in [3.05, 3.63) is 77.0 Å². The van der Waals surface area contributed by atoms with Crippen LogP contribution < -0.4 is 11.1 Å². The Balaban J connectivity index is 1.28. The highest BCUT2D eigenvalue weighted by atomic mass is 19.1. The first kappa shape index (κ1) is 24.4. The molecule has 0 bridgehead atoms. The highest BCUT2D eigenvalue weighted by molar-refractivity contribution is 5.78. The lowest BCUT2D eigenvalue weighted by atomic mass is 9.96. The first-order valence-corrected chi connectivity index (χ1v) is 11.7. The van der Waals surface area contributed by atoms with Gasteiger partial charge in [-0.2, -0.15) is 10.4 Å². The number of halogens is 2. The van der Waals surface area contributed by atoms with Crippen LogP contribution in [0.4, 0.5) is 14.6 Å². The predicted molar refractivity (Wildman–Crippen MR) is 128 cm³/mol. The van der Waals surface area contributed by atoms with E-state index in [1.807, 2.05) is 6.07 Å². The molecule has 0 aliphatic carbocycles. The second-order valence-corrected chi connectivity index (χ2v) is 8.81. The van der Waals surface area contributed by atoms with Crippen molar-refractivity contribution >= 4 is 11.7 Å². The van der Waals surface area contributed by atoms with Crippen LogP contribution in [0.15, 0.2) is 48.5 Å². The largest absolute Gasteiger partial charge is 0.382 e. The molecule has 1 fully saturated rings. The van der Waals surface area contributed by atoms with Gasteiger partial charge < -0.3 is 11.1 Å². The Labute approximate surface area is 203 Å². The minimum atomic E-state index is -0.369. The van der Waals surface area contributed by atoms with Gasteiger partial charge in [0.2, 0.25) is 5.91 Å². The third kappa shape index (κ3) is 6.03. The van der Waals surface area contributed by atoms with Gasteiger partial charge in [0.1, 0.15) is 29.1 Å². The van der Waals surface area contributed by atoms with Crippen molar-refractivity contribution in [2.75, 3.05) is 25.4 Å². The van der Waals surface area contributed by atoms with Crippen LogP contribution in [0.1, 0.15) is 36.1 Å². The third-order valence-corrected chi connectivity index (χ3v) is 6.24. The number of carbonyl (C=O) groups is 1. The number of likely N-dealkylation sites (tertiary alicyclic amines) is 1. The number of hydrogen-bond acceptors (Lipinski definition) is 5. The maximum atomic E-state index is 13.5. The second-order valence-electron chi connectivity index (χ2n) is 8.81. The van der Waals surface area contributed by atoms with E-state index in [2.05, 4.69) is 21.4 Å². The van der Waals surface area contributed by atoms with E-state index in [1.54, 1.807) is 18.2 Å². The van der Waals surface area contributed by atoms with E-state index in [0.717, 1.165) is 24.9 Å². The molecule has 0 radical (unpaired) electrons. The topological polar surface area (TPSA) is 100.0 Å². The first-order valence-electron chi connectivity index (χ1n) is 11.7. The van der Waals surface area contributed by atoms with E-state index in [1.165, 1.54) is 28.9 Å². The number of nitrogens with one attached hydrogen (secondary N) is 1. The monoisotopic (exact) mass is 478 g/mol. The van der Waals surface area contributed by atoms with Crippen LogP contribution in [0.25, 0.3) is 5.69 Å². The lowest BCUT2D eigenvalue weighted by molar-refractivity contribution is -0.126. The Morgan fingerprint density at radius 1 is 1.20 bits per heavy atom. The zero-order valence-electron chi connectivity index (χ0n) is 19.4. The molecule has 9 heteroatoms. The third-order valence-electron chi connectivity index (χ3n) is 6.24. The molecule has 182 valence electrons. The molecule has 0 saturated carbocycles. The zero-order chi connectivity index (χ0) is 24.8. The number of aromatic nitrogens is 2. The number of nitriles is 1. The lowest BCUT2D eigenvalue weighted by Gasteiger charge is -2.32. The van der Waals surface area contributed by atoms with Crippen LogP contribution in [-0.4, -0.2) is 40.2 Å². The van der Waals surface area contributed by atoms with Gasteiger partial charge in [-0.25, -0.2) is 13.5 Å². The van der Waals surface area contributed by atoms with Crippen molar-refractivity contribution in [2.24, 2.45) is 5.92 Å². The highest BCUT2D eigenvalue weighted by Crippen LogP contribution is 2.22. The molecule has 1 aliphatic rings. The Kier molecular flexibility index (Phi) is 7.73. The van der Waals surface area contributed by atoms with Gasteiger partial charge in [0, 0.05) is 19.6 Å². The van der Waals surface area contributed by atoms with Crippen LogP contribution in [0, 0.1) is 28.9 Å². The molecular weight excluding hydrogens is 450 g/mol. The number of anilines is 1. The Bertz CT molecular complexity index is 1220. The Morgan fingerprint density at radius 2 is 2.00 bits per heavy atom. The summed E-state index contributed by atoms with van der Waals surface area (Å²) in [6.07, 6.45) is 2.81. The van der Waals surface area contributed by atoms with Crippen LogP contribution in [0.5, 0.6) is 0 Å². The molecule has 3 aromatic rings. The average molecular weight is 479 g/mol. The van der Waals surface area contributed by atoms with Gasteiger partial charge >= 0.3 is 0 Å². The Morgan fingerprint density at radius 3 is 2.74 bits per heavy atom. The minimum Gasteiger partial charge on any atom is -0.382 e. The van der Waals surface area contributed by atoms with Crippen LogP contribution >= 0.6 is 0 Å². The quantitative estimate of drug-likeness (QED) is 0.482. The summed E-state index contributed by atoms with van der Waals surface area (Å²) in [7, 11) is 0. The van der Waals surface area contributed by atoms with Gasteiger partial charge in [0.15, 0.2) is 0 Å². The molecule has 1 aliphatic heterocycles. The second kappa shape index (κ2) is 11.1. The fraction of sp³-hybridized carbons (Fsp3) is 0.346. The van der Waals surface area contributed by atoms with E-state index in [9.17, 15) is 18.8 Å².